The first-order chi connectivity index (χ1) is 9.29. The SMILES string of the molecule is COCCOc1cccc(NCc2sccc2N)c1. The van der Waals surface area contributed by atoms with Gasteiger partial charge in [0, 0.05) is 29.4 Å². The monoisotopic (exact) mass is 278 g/mol. The van der Waals surface area contributed by atoms with Crippen LogP contribution >= 0.6 is 11.3 Å². The Morgan fingerprint density at radius 3 is 2.89 bits per heavy atom. The van der Waals surface area contributed by atoms with Gasteiger partial charge in [0.1, 0.15) is 12.4 Å². The normalized spacial score (nSPS) is 10.4. The maximum atomic E-state index is 5.85. The first-order valence-electron chi connectivity index (χ1n) is 6.07. The van der Waals surface area contributed by atoms with E-state index >= 15 is 0 Å². The van der Waals surface area contributed by atoms with E-state index in [1.54, 1.807) is 18.4 Å². The zero-order chi connectivity index (χ0) is 13.5. The summed E-state index contributed by atoms with van der Waals surface area (Å²) < 4.78 is 10.5. The Morgan fingerprint density at radius 2 is 2.16 bits per heavy atom. The van der Waals surface area contributed by atoms with Crippen LogP contribution in [-0.4, -0.2) is 20.3 Å². The molecule has 0 bridgehead atoms. The quantitative estimate of drug-likeness (QED) is 0.765. The molecule has 0 amide bonds. The van der Waals surface area contributed by atoms with E-state index in [0.717, 1.165) is 28.5 Å². The van der Waals surface area contributed by atoms with Crippen molar-refractivity contribution in [3.8, 4) is 5.75 Å². The third-order valence-corrected chi connectivity index (χ3v) is 3.56. The Labute approximate surface area is 117 Å². The molecule has 0 atom stereocenters. The first kappa shape index (κ1) is 13.7. The number of hydrogen-bond acceptors (Lipinski definition) is 5. The van der Waals surface area contributed by atoms with Crippen LogP contribution in [0.15, 0.2) is 35.7 Å². The van der Waals surface area contributed by atoms with Crippen molar-refractivity contribution in [3.63, 3.8) is 0 Å². The summed E-state index contributed by atoms with van der Waals surface area (Å²) in [5.74, 6) is 0.834. The minimum absolute atomic E-state index is 0.553. The fourth-order valence-electron chi connectivity index (χ4n) is 1.62. The van der Waals surface area contributed by atoms with Gasteiger partial charge in [-0.25, -0.2) is 0 Å². The second kappa shape index (κ2) is 7.01. The lowest BCUT2D eigenvalue weighted by Crippen LogP contribution is -2.05. The molecule has 0 saturated heterocycles. The molecule has 102 valence electrons. The van der Waals surface area contributed by atoms with Crippen molar-refractivity contribution in [1.29, 1.82) is 0 Å². The highest BCUT2D eigenvalue weighted by atomic mass is 32.1. The van der Waals surface area contributed by atoms with E-state index in [1.807, 2.05) is 35.7 Å². The van der Waals surface area contributed by atoms with E-state index in [-0.39, 0.29) is 0 Å². The second-order valence-corrected chi connectivity index (χ2v) is 5.02. The fourth-order valence-corrected chi connectivity index (χ4v) is 2.35. The van der Waals surface area contributed by atoms with Crippen LogP contribution in [0.1, 0.15) is 4.88 Å². The van der Waals surface area contributed by atoms with Gasteiger partial charge in [-0.15, -0.1) is 11.3 Å². The van der Waals surface area contributed by atoms with Gasteiger partial charge in [0.15, 0.2) is 0 Å². The molecular weight excluding hydrogens is 260 g/mol. The molecule has 2 rings (SSSR count). The summed E-state index contributed by atoms with van der Waals surface area (Å²) in [6, 6.07) is 9.79. The lowest BCUT2D eigenvalue weighted by Gasteiger charge is -2.09. The third-order valence-electron chi connectivity index (χ3n) is 2.62. The lowest BCUT2D eigenvalue weighted by atomic mass is 10.3. The molecule has 2 aromatic rings. The number of methoxy groups -OCH3 is 1. The second-order valence-electron chi connectivity index (χ2n) is 4.02. The number of nitrogens with two attached hydrogens (primary N) is 1. The Kier molecular flexibility index (Phi) is 5.06. The van der Waals surface area contributed by atoms with E-state index in [1.165, 1.54) is 0 Å². The molecule has 1 aromatic heterocycles. The molecule has 0 aliphatic rings. The molecule has 0 radical (unpaired) electrons. The Bertz CT molecular complexity index is 514. The van der Waals surface area contributed by atoms with E-state index < -0.39 is 0 Å². The molecule has 0 unspecified atom stereocenters. The molecule has 0 aliphatic heterocycles. The van der Waals surface area contributed by atoms with Crippen LogP contribution in [0.5, 0.6) is 5.75 Å². The average molecular weight is 278 g/mol. The molecule has 0 aliphatic carbocycles. The van der Waals surface area contributed by atoms with Crippen LogP contribution in [0.2, 0.25) is 0 Å². The predicted octanol–water partition coefficient (Wildman–Crippen LogP) is 2.97. The largest absolute Gasteiger partial charge is 0.491 e. The smallest absolute Gasteiger partial charge is 0.121 e. The number of nitrogen functional groups attached to an aromatic ring is 1. The summed E-state index contributed by atoms with van der Waals surface area (Å²) in [4.78, 5) is 1.14. The summed E-state index contributed by atoms with van der Waals surface area (Å²) >= 11 is 1.65. The molecule has 1 aromatic carbocycles. The van der Waals surface area contributed by atoms with Gasteiger partial charge in [-0.3, -0.25) is 0 Å². The van der Waals surface area contributed by atoms with Crippen molar-refractivity contribution in [3.05, 3.63) is 40.6 Å². The van der Waals surface area contributed by atoms with Crippen molar-refractivity contribution in [2.24, 2.45) is 0 Å². The molecule has 0 saturated carbocycles. The fraction of sp³-hybridized carbons (Fsp3) is 0.286. The number of benzene rings is 1. The van der Waals surface area contributed by atoms with Gasteiger partial charge in [0.25, 0.3) is 0 Å². The van der Waals surface area contributed by atoms with Crippen LogP contribution in [-0.2, 0) is 11.3 Å². The van der Waals surface area contributed by atoms with E-state index in [9.17, 15) is 0 Å². The number of thiophene rings is 1. The van der Waals surface area contributed by atoms with Crippen molar-refractivity contribution in [2.45, 2.75) is 6.54 Å². The van der Waals surface area contributed by atoms with Gasteiger partial charge < -0.3 is 20.5 Å². The lowest BCUT2D eigenvalue weighted by molar-refractivity contribution is 0.146. The van der Waals surface area contributed by atoms with E-state index in [0.29, 0.717) is 13.2 Å². The minimum atomic E-state index is 0.553. The highest BCUT2D eigenvalue weighted by Crippen LogP contribution is 2.22. The number of nitrogens with one attached hydrogen (secondary N) is 1. The molecule has 1 heterocycles. The zero-order valence-electron chi connectivity index (χ0n) is 10.9. The standard InChI is InChI=1S/C14H18N2O2S/c1-17-6-7-18-12-4-2-3-11(9-12)16-10-14-13(15)5-8-19-14/h2-5,8-9,16H,6-7,10,15H2,1H3. The molecule has 5 heteroatoms. The molecule has 4 nitrogen and oxygen atoms in total. The summed E-state index contributed by atoms with van der Waals surface area (Å²) in [7, 11) is 1.66. The Morgan fingerprint density at radius 1 is 1.26 bits per heavy atom. The van der Waals surface area contributed by atoms with Crippen LogP contribution in [0.4, 0.5) is 11.4 Å². The third kappa shape index (κ3) is 4.15. The van der Waals surface area contributed by atoms with Crippen molar-refractivity contribution in [1.82, 2.24) is 0 Å². The van der Waals surface area contributed by atoms with Crippen LogP contribution < -0.4 is 15.8 Å². The number of rotatable bonds is 7. The summed E-state index contributed by atoms with van der Waals surface area (Å²) in [6.45, 7) is 1.87. The van der Waals surface area contributed by atoms with Crippen LogP contribution in [0, 0.1) is 0 Å². The number of hydrogen-bond donors (Lipinski definition) is 2. The number of ether oxygens (including phenoxy) is 2. The van der Waals surface area contributed by atoms with Gasteiger partial charge >= 0.3 is 0 Å². The van der Waals surface area contributed by atoms with Gasteiger partial charge in [-0.1, -0.05) is 6.07 Å². The average Bonchev–Trinajstić information content (AvgIpc) is 2.83. The van der Waals surface area contributed by atoms with Gasteiger partial charge in [-0.05, 0) is 23.6 Å². The van der Waals surface area contributed by atoms with Gasteiger partial charge in [0.05, 0.1) is 13.2 Å². The van der Waals surface area contributed by atoms with Gasteiger partial charge in [0.2, 0.25) is 0 Å². The van der Waals surface area contributed by atoms with E-state index in [4.69, 9.17) is 15.2 Å². The van der Waals surface area contributed by atoms with Crippen LogP contribution in [0.3, 0.4) is 0 Å². The van der Waals surface area contributed by atoms with Crippen molar-refractivity contribution in [2.75, 3.05) is 31.4 Å². The predicted molar refractivity (Wildman–Crippen MR) is 79.9 cm³/mol. The highest BCUT2D eigenvalue weighted by molar-refractivity contribution is 7.10. The Balaban J connectivity index is 1.90. The Hall–Kier alpha value is -1.72. The number of anilines is 2. The summed E-state index contributed by atoms with van der Waals surface area (Å²) in [5.41, 5.74) is 7.70. The molecule has 0 spiro atoms. The van der Waals surface area contributed by atoms with Gasteiger partial charge in [-0.2, -0.15) is 0 Å². The van der Waals surface area contributed by atoms with Crippen LogP contribution in [0.25, 0.3) is 0 Å². The summed E-state index contributed by atoms with van der Waals surface area (Å²) in [5, 5.41) is 5.33. The molecular formula is C14H18N2O2S. The molecule has 0 fully saturated rings. The molecule has 19 heavy (non-hydrogen) atoms. The molecule has 3 N–H and O–H groups in total. The maximum absolute atomic E-state index is 5.85. The highest BCUT2D eigenvalue weighted by Gasteiger charge is 2.01. The van der Waals surface area contributed by atoms with E-state index in [2.05, 4.69) is 5.32 Å². The van der Waals surface area contributed by atoms with Crippen molar-refractivity contribution >= 4 is 22.7 Å². The minimum Gasteiger partial charge on any atom is -0.491 e. The topological polar surface area (TPSA) is 56.5 Å². The first-order valence-corrected chi connectivity index (χ1v) is 6.95. The summed E-state index contributed by atoms with van der Waals surface area (Å²) in [6.07, 6.45) is 0. The maximum Gasteiger partial charge on any atom is 0.121 e. The zero-order valence-corrected chi connectivity index (χ0v) is 11.7. The van der Waals surface area contributed by atoms with Crippen molar-refractivity contribution < 1.29 is 9.47 Å².